The molecule has 1 aromatic carbocycles. The minimum absolute atomic E-state index is 0.00788. The van der Waals surface area contributed by atoms with Crippen molar-refractivity contribution in [2.24, 2.45) is 5.92 Å². The lowest BCUT2D eigenvalue weighted by Crippen LogP contribution is -2.42. The maximum Gasteiger partial charge on any atom is 0.263 e. The Morgan fingerprint density at radius 2 is 2.19 bits per heavy atom. The molecule has 2 rings (SSSR count). The zero-order chi connectivity index (χ0) is 15.2. The number of benzene rings is 1. The Hall–Kier alpha value is -1.26. The Labute approximate surface area is 131 Å². The molecule has 1 heterocycles. The summed E-state index contributed by atoms with van der Waals surface area (Å²) in [5.41, 5.74) is 0. The molecule has 1 atom stereocenters. The highest BCUT2D eigenvalue weighted by atomic mass is 35.5. The topological polar surface area (TPSA) is 41.6 Å². The predicted octanol–water partition coefficient (Wildman–Crippen LogP) is 2.57. The average Bonchev–Trinajstić information content (AvgIpc) is 2.47. The number of rotatable bonds is 5. The molecule has 0 spiro atoms. The minimum atomic E-state index is -0.504. The number of amides is 1. The highest BCUT2D eigenvalue weighted by Gasteiger charge is 2.23. The van der Waals surface area contributed by atoms with Crippen LogP contribution in [0.1, 0.15) is 19.8 Å². The van der Waals surface area contributed by atoms with Crippen LogP contribution in [-0.4, -0.2) is 43.6 Å². The van der Waals surface area contributed by atoms with Gasteiger partial charge in [-0.3, -0.25) is 4.79 Å². The summed E-state index contributed by atoms with van der Waals surface area (Å²) in [6, 6.07) is 7.12. The van der Waals surface area contributed by atoms with E-state index in [1.54, 1.807) is 24.0 Å². The van der Waals surface area contributed by atoms with Crippen LogP contribution in [-0.2, 0) is 4.79 Å². The molecule has 21 heavy (non-hydrogen) atoms. The van der Waals surface area contributed by atoms with Crippen molar-refractivity contribution in [3.8, 4) is 5.75 Å². The van der Waals surface area contributed by atoms with Gasteiger partial charge in [-0.25, -0.2) is 0 Å². The molecule has 0 aliphatic carbocycles. The van der Waals surface area contributed by atoms with E-state index in [2.05, 4.69) is 5.32 Å². The van der Waals surface area contributed by atoms with Crippen LogP contribution >= 0.6 is 11.6 Å². The number of ether oxygens (including phenoxy) is 1. The highest BCUT2D eigenvalue weighted by molar-refractivity contribution is 6.30. The smallest absolute Gasteiger partial charge is 0.263 e. The second-order valence-corrected chi connectivity index (χ2v) is 6.07. The van der Waals surface area contributed by atoms with Crippen molar-refractivity contribution in [1.29, 1.82) is 0 Å². The molecule has 1 fully saturated rings. The van der Waals surface area contributed by atoms with E-state index < -0.39 is 6.10 Å². The lowest BCUT2D eigenvalue weighted by atomic mass is 9.97. The van der Waals surface area contributed by atoms with E-state index in [-0.39, 0.29) is 5.91 Å². The van der Waals surface area contributed by atoms with Gasteiger partial charge < -0.3 is 15.0 Å². The summed E-state index contributed by atoms with van der Waals surface area (Å²) in [5, 5.41) is 3.94. The normalized spacial score (nSPS) is 17.3. The largest absolute Gasteiger partial charge is 0.481 e. The van der Waals surface area contributed by atoms with Crippen LogP contribution in [0.4, 0.5) is 0 Å². The van der Waals surface area contributed by atoms with Gasteiger partial charge >= 0.3 is 0 Å². The van der Waals surface area contributed by atoms with Crippen molar-refractivity contribution in [3.05, 3.63) is 29.3 Å². The minimum Gasteiger partial charge on any atom is -0.481 e. The first kappa shape index (κ1) is 16.1. The summed E-state index contributed by atoms with van der Waals surface area (Å²) >= 11 is 5.92. The number of hydrogen-bond donors (Lipinski definition) is 1. The zero-order valence-electron chi connectivity index (χ0n) is 12.6. The molecule has 1 aromatic rings. The van der Waals surface area contributed by atoms with E-state index in [9.17, 15) is 4.79 Å². The molecule has 0 radical (unpaired) electrons. The van der Waals surface area contributed by atoms with Crippen molar-refractivity contribution in [3.63, 3.8) is 0 Å². The summed E-state index contributed by atoms with van der Waals surface area (Å²) in [5.74, 6) is 1.21. The molecule has 1 unspecified atom stereocenters. The van der Waals surface area contributed by atoms with Gasteiger partial charge in [0.25, 0.3) is 5.91 Å². The number of nitrogens with one attached hydrogen (secondary N) is 1. The molecule has 0 aromatic heterocycles. The number of halogens is 1. The monoisotopic (exact) mass is 310 g/mol. The molecular weight excluding hydrogens is 288 g/mol. The third-order valence-corrected chi connectivity index (χ3v) is 4.06. The third-order valence-electron chi connectivity index (χ3n) is 3.82. The lowest BCUT2D eigenvalue weighted by Gasteiger charge is -2.29. The standard InChI is InChI=1S/C16H23ClN2O2/c1-12(21-15-5-3-4-14(17)10-15)16(20)19(2)11-13-6-8-18-9-7-13/h3-5,10,12-13,18H,6-9,11H2,1-2H3. The van der Waals surface area contributed by atoms with Crippen LogP contribution in [0.5, 0.6) is 5.75 Å². The van der Waals surface area contributed by atoms with Gasteiger partial charge in [0.1, 0.15) is 5.75 Å². The van der Waals surface area contributed by atoms with E-state index in [1.165, 1.54) is 0 Å². The number of nitrogens with zero attached hydrogens (tertiary/aromatic N) is 1. The number of hydrogen-bond acceptors (Lipinski definition) is 3. The van der Waals surface area contributed by atoms with E-state index in [1.807, 2.05) is 19.2 Å². The van der Waals surface area contributed by atoms with Gasteiger partial charge in [0.2, 0.25) is 0 Å². The van der Waals surface area contributed by atoms with E-state index in [0.29, 0.717) is 16.7 Å². The number of carbonyl (C=O) groups is 1. The molecule has 0 bridgehead atoms. The lowest BCUT2D eigenvalue weighted by molar-refractivity contribution is -0.137. The Balaban J connectivity index is 1.85. The number of piperidine rings is 1. The fourth-order valence-electron chi connectivity index (χ4n) is 2.65. The van der Waals surface area contributed by atoms with Crippen LogP contribution in [0.15, 0.2) is 24.3 Å². The first-order chi connectivity index (χ1) is 10.1. The van der Waals surface area contributed by atoms with Crippen molar-refractivity contribution in [1.82, 2.24) is 10.2 Å². The molecule has 1 saturated heterocycles. The fraction of sp³-hybridized carbons (Fsp3) is 0.562. The fourth-order valence-corrected chi connectivity index (χ4v) is 2.83. The number of carbonyl (C=O) groups excluding carboxylic acids is 1. The van der Waals surface area contributed by atoms with Gasteiger partial charge in [0, 0.05) is 18.6 Å². The molecule has 1 amide bonds. The van der Waals surface area contributed by atoms with Crippen molar-refractivity contribution >= 4 is 17.5 Å². The first-order valence-corrected chi connectivity index (χ1v) is 7.82. The first-order valence-electron chi connectivity index (χ1n) is 7.44. The quantitative estimate of drug-likeness (QED) is 0.909. The third kappa shape index (κ3) is 4.90. The Kier molecular flexibility index (Phi) is 5.88. The van der Waals surface area contributed by atoms with Crippen LogP contribution in [0.2, 0.25) is 5.02 Å². The van der Waals surface area contributed by atoms with Crippen molar-refractivity contribution in [2.75, 3.05) is 26.7 Å². The Morgan fingerprint density at radius 1 is 1.48 bits per heavy atom. The van der Waals surface area contributed by atoms with Crippen molar-refractivity contribution in [2.45, 2.75) is 25.9 Å². The summed E-state index contributed by atoms with van der Waals surface area (Å²) in [6.07, 6.45) is 1.75. The Morgan fingerprint density at radius 3 is 2.86 bits per heavy atom. The summed E-state index contributed by atoms with van der Waals surface area (Å²) in [4.78, 5) is 14.1. The molecule has 1 N–H and O–H groups in total. The predicted molar refractivity (Wildman–Crippen MR) is 84.8 cm³/mol. The average molecular weight is 311 g/mol. The molecule has 1 aliphatic rings. The maximum absolute atomic E-state index is 12.4. The SMILES string of the molecule is CC(Oc1cccc(Cl)c1)C(=O)N(C)CC1CCNCC1. The maximum atomic E-state index is 12.4. The van der Waals surface area contributed by atoms with Gasteiger partial charge in [-0.1, -0.05) is 17.7 Å². The Bertz CT molecular complexity index is 475. The second kappa shape index (κ2) is 7.66. The van der Waals surface area contributed by atoms with Crippen LogP contribution in [0.25, 0.3) is 0 Å². The summed E-state index contributed by atoms with van der Waals surface area (Å²) in [6.45, 7) is 4.66. The highest BCUT2D eigenvalue weighted by Crippen LogP contribution is 2.19. The van der Waals surface area contributed by atoms with Crippen molar-refractivity contribution < 1.29 is 9.53 Å². The number of likely N-dealkylation sites (N-methyl/N-ethyl adjacent to an activating group) is 1. The molecule has 5 heteroatoms. The van der Waals surface area contributed by atoms with E-state index in [0.717, 1.165) is 32.5 Å². The summed E-state index contributed by atoms with van der Waals surface area (Å²) < 4.78 is 5.68. The van der Waals surface area contributed by atoms with Crippen LogP contribution < -0.4 is 10.1 Å². The van der Waals surface area contributed by atoms with Gasteiger partial charge in [-0.15, -0.1) is 0 Å². The zero-order valence-corrected chi connectivity index (χ0v) is 13.4. The molecule has 4 nitrogen and oxygen atoms in total. The van der Waals surface area contributed by atoms with Gasteiger partial charge in [0.15, 0.2) is 6.10 Å². The van der Waals surface area contributed by atoms with Gasteiger partial charge in [-0.05, 0) is 57.0 Å². The summed E-state index contributed by atoms with van der Waals surface area (Å²) in [7, 11) is 1.85. The second-order valence-electron chi connectivity index (χ2n) is 5.63. The molecule has 0 saturated carbocycles. The van der Waals surface area contributed by atoms with E-state index in [4.69, 9.17) is 16.3 Å². The van der Waals surface area contributed by atoms with Crippen LogP contribution in [0.3, 0.4) is 0 Å². The van der Waals surface area contributed by atoms with Gasteiger partial charge in [-0.2, -0.15) is 0 Å². The molecule has 1 aliphatic heterocycles. The van der Waals surface area contributed by atoms with E-state index >= 15 is 0 Å². The van der Waals surface area contributed by atoms with Gasteiger partial charge in [0.05, 0.1) is 0 Å². The molecular formula is C16H23ClN2O2. The van der Waals surface area contributed by atoms with Crippen LogP contribution in [0, 0.1) is 5.92 Å². The molecule has 116 valence electrons.